The lowest BCUT2D eigenvalue weighted by Gasteiger charge is -2.17. The molecule has 0 unspecified atom stereocenters. The Balaban J connectivity index is 2.46. The van der Waals surface area contributed by atoms with Crippen LogP contribution in [0.5, 0.6) is 0 Å². The van der Waals surface area contributed by atoms with Crippen molar-refractivity contribution in [2.45, 2.75) is 20.4 Å². The molecule has 0 atom stereocenters. The number of nitrogens with two attached hydrogens (primary N) is 1. The molecule has 0 fully saturated rings. The zero-order valence-corrected chi connectivity index (χ0v) is 9.10. The molecule has 13 heavy (non-hydrogen) atoms. The molecule has 0 spiro atoms. The third-order valence-electron chi connectivity index (χ3n) is 1.94. The molecule has 0 bridgehead atoms. The van der Waals surface area contributed by atoms with Gasteiger partial charge in [0.2, 0.25) is 0 Å². The summed E-state index contributed by atoms with van der Waals surface area (Å²) in [5.41, 5.74) is 6.67. The van der Waals surface area contributed by atoms with E-state index in [1.165, 1.54) is 0 Å². The van der Waals surface area contributed by atoms with Crippen LogP contribution >= 0.6 is 11.3 Å². The van der Waals surface area contributed by atoms with E-state index in [2.05, 4.69) is 22.2 Å². The van der Waals surface area contributed by atoms with Gasteiger partial charge in [0.1, 0.15) is 0 Å². The van der Waals surface area contributed by atoms with Gasteiger partial charge >= 0.3 is 0 Å². The highest BCUT2D eigenvalue weighted by atomic mass is 32.1. The van der Waals surface area contributed by atoms with Gasteiger partial charge in [-0.05, 0) is 13.5 Å². The van der Waals surface area contributed by atoms with Crippen molar-refractivity contribution in [3.63, 3.8) is 0 Å². The van der Waals surface area contributed by atoms with E-state index >= 15 is 0 Å². The van der Waals surface area contributed by atoms with Crippen LogP contribution in [0.2, 0.25) is 0 Å². The fourth-order valence-electron chi connectivity index (χ4n) is 1.24. The standard InChI is InChI=1S/C9H17N3S/c1-3-12(5-4-10)6-9-7-13-8(2)11-9/h7H,3-6,10H2,1-2H3. The lowest BCUT2D eigenvalue weighted by Crippen LogP contribution is -2.28. The van der Waals surface area contributed by atoms with Crippen LogP contribution < -0.4 is 5.73 Å². The average molecular weight is 199 g/mol. The average Bonchev–Trinajstić information content (AvgIpc) is 2.50. The van der Waals surface area contributed by atoms with Crippen molar-refractivity contribution in [3.05, 3.63) is 16.1 Å². The van der Waals surface area contributed by atoms with Gasteiger partial charge in [0, 0.05) is 25.0 Å². The smallest absolute Gasteiger partial charge is 0.0897 e. The summed E-state index contributed by atoms with van der Waals surface area (Å²) in [6.45, 7) is 7.82. The first-order valence-electron chi connectivity index (χ1n) is 4.59. The van der Waals surface area contributed by atoms with Crippen LogP contribution in [0.15, 0.2) is 5.38 Å². The fraction of sp³-hybridized carbons (Fsp3) is 0.667. The molecule has 2 N–H and O–H groups in total. The monoisotopic (exact) mass is 199 g/mol. The maximum Gasteiger partial charge on any atom is 0.0897 e. The Hall–Kier alpha value is -0.450. The van der Waals surface area contributed by atoms with E-state index in [1.807, 2.05) is 6.92 Å². The molecule has 1 heterocycles. The quantitative estimate of drug-likeness (QED) is 0.775. The summed E-state index contributed by atoms with van der Waals surface area (Å²) in [6.07, 6.45) is 0. The minimum Gasteiger partial charge on any atom is -0.329 e. The molecule has 0 radical (unpaired) electrons. The van der Waals surface area contributed by atoms with E-state index in [1.54, 1.807) is 11.3 Å². The summed E-state index contributed by atoms with van der Waals surface area (Å²) in [5, 5.41) is 3.26. The van der Waals surface area contributed by atoms with Crippen molar-refractivity contribution in [2.75, 3.05) is 19.6 Å². The van der Waals surface area contributed by atoms with Crippen molar-refractivity contribution in [2.24, 2.45) is 5.73 Å². The first kappa shape index (κ1) is 10.6. The number of hydrogen-bond donors (Lipinski definition) is 1. The van der Waals surface area contributed by atoms with Crippen LogP contribution in [0.25, 0.3) is 0 Å². The Morgan fingerprint density at radius 3 is 2.85 bits per heavy atom. The number of thiazole rings is 1. The molecular formula is C9H17N3S. The van der Waals surface area contributed by atoms with E-state index in [0.717, 1.165) is 36.9 Å². The van der Waals surface area contributed by atoms with Crippen LogP contribution in [0.4, 0.5) is 0 Å². The normalized spacial score (nSPS) is 11.1. The summed E-state index contributed by atoms with van der Waals surface area (Å²) in [4.78, 5) is 6.72. The SMILES string of the molecule is CCN(CCN)Cc1csc(C)n1. The van der Waals surface area contributed by atoms with Crippen molar-refractivity contribution in [3.8, 4) is 0 Å². The highest BCUT2D eigenvalue weighted by molar-refractivity contribution is 7.09. The highest BCUT2D eigenvalue weighted by Gasteiger charge is 2.04. The summed E-state index contributed by atoms with van der Waals surface area (Å²) in [7, 11) is 0. The van der Waals surface area contributed by atoms with Crippen molar-refractivity contribution < 1.29 is 0 Å². The van der Waals surface area contributed by atoms with E-state index in [4.69, 9.17) is 5.73 Å². The van der Waals surface area contributed by atoms with Gasteiger partial charge in [0.25, 0.3) is 0 Å². The molecule has 0 aliphatic rings. The zero-order valence-electron chi connectivity index (χ0n) is 8.29. The van der Waals surface area contributed by atoms with Crippen LogP contribution in [-0.2, 0) is 6.54 Å². The Morgan fingerprint density at radius 2 is 2.38 bits per heavy atom. The second kappa shape index (κ2) is 5.32. The Morgan fingerprint density at radius 1 is 1.62 bits per heavy atom. The number of rotatable bonds is 5. The van der Waals surface area contributed by atoms with Crippen molar-refractivity contribution in [1.82, 2.24) is 9.88 Å². The molecule has 1 rings (SSSR count). The molecule has 0 amide bonds. The number of aryl methyl sites for hydroxylation is 1. The Bertz CT molecular complexity index is 247. The molecular weight excluding hydrogens is 182 g/mol. The van der Waals surface area contributed by atoms with Gasteiger partial charge in [-0.3, -0.25) is 4.90 Å². The van der Waals surface area contributed by atoms with Crippen molar-refractivity contribution in [1.29, 1.82) is 0 Å². The maximum absolute atomic E-state index is 5.50. The number of aromatic nitrogens is 1. The number of likely N-dealkylation sites (N-methyl/N-ethyl adjacent to an activating group) is 1. The summed E-state index contributed by atoms with van der Waals surface area (Å²) in [5.74, 6) is 0. The third-order valence-corrected chi connectivity index (χ3v) is 2.77. The van der Waals surface area contributed by atoms with E-state index in [-0.39, 0.29) is 0 Å². The molecule has 0 aliphatic carbocycles. The van der Waals surface area contributed by atoms with E-state index in [0.29, 0.717) is 0 Å². The van der Waals surface area contributed by atoms with Gasteiger partial charge < -0.3 is 5.73 Å². The molecule has 0 aromatic carbocycles. The number of nitrogens with zero attached hydrogens (tertiary/aromatic N) is 2. The van der Waals surface area contributed by atoms with Crippen LogP contribution in [-0.4, -0.2) is 29.5 Å². The zero-order chi connectivity index (χ0) is 9.68. The van der Waals surface area contributed by atoms with Crippen molar-refractivity contribution >= 4 is 11.3 Å². The predicted octanol–water partition coefficient (Wildman–Crippen LogP) is 1.23. The first-order chi connectivity index (χ1) is 6.26. The minimum atomic E-state index is 0.719. The molecule has 4 heteroatoms. The highest BCUT2D eigenvalue weighted by Crippen LogP contribution is 2.09. The molecule has 0 saturated heterocycles. The second-order valence-corrected chi connectivity index (χ2v) is 4.08. The van der Waals surface area contributed by atoms with Gasteiger partial charge in [-0.15, -0.1) is 11.3 Å². The van der Waals surface area contributed by atoms with Gasteiger partial charge in [-0.25, -0.2) is 4.98 Å². The molecule has 0 saturated carbocycles. The van der Waals surface area contributed by atoms with Gasteiger partial charge in [0.05, 0.1) is 10.7 Å². The topological polar surface area (TPSA) is 42.1 Å². The molecule has 1 aromatic rings. The predicted molar refractivity (Wildman–Crippen MR) is 56.9 cm³/mol. The minimum absolute atomic E-state index is 0.719. The largest absolute Gasteiger partial charge is 0.329 e. The van der Waals surface area contributed by atoms with E-state index in [9.17, 15) is 0 Å². The molecule has 3 nitrogen and oxygen atoms in total. The first-order valence-corrected chi connectivity index (χ1v) is 5.47. The summed E-state index contributed by atoms with van der Waals surface area (Å²) >= 11 is 1.71. The van der Waals surface area contributed by atoms with Gasteiger partial charge in [0.15, 0.2) is 0 Å². The third kappa shape index (κ3) is 3.42. The number of hydrogen-bond acceptors (Lipinski definition) is 4. The second-order valence-electron chi connectivity index (χ2n) is 3.02. The summed E-state index contributed by atoms with van der Waals surface area (Å²) < 4.78 is 0. The summed E-state index contributed by atoms with van der Waals surface area (Å²) in [6, 6.07) is 0. The van der Waals surface area contributed by atoms with Crippen LogP contribution in [0, 0.1) is 6.92 Å². The van der Waals surface area contributed by atoms with Crippen LogP contribution in [0.1, 0.15) is 17.6 Å². The Kier molecular flexibility index (Phi) is 4.35. The van der Waals surface area contributed by atoms with Gasteiger partial charge in [-0.1, -0.05) is 6.92 Å². The van der Waals surface area contributed by atoms with Gasteiger partial charge in [-0.2, -0.15) is 0 Å². The lowest BCUT2D eigenvalue weighted by atomic mass is 10.4. The van der Waals surface area contributed by atoms with E-state index < -0.39 is 0 Å². The Labute approximate surface area is 83.6 Å². The molecule has 0 aliphatic heterocycles. The fourth-order valence-corrected chi connectivity index (χ4v) is 1.85. The van der Waals surface area contributed by atoms with Crippen LogP contribution in [0.3, 0.4) is 0 Å². The lowest BCUT2D eigenvalue weighted by molar-refractivity contribution is 0.285. The molecule has 74 valence electrons. The molecule has 1 aromatic heterocycles. The maximum atomic E-state index is 5.50.